The van der Waals surface area contributed by atoms with E-state index in [1.165, 1.54) is 22.3 Å². The fraction of sp³-hybridized carbons (Fsp3) is 0.318. The van der Waals surface area contributed by atoms with Crippen LogP contribution in [0.15, 0.2) is 60.8 Å². The minimum Gasteiger partial charge on any atom is -0.373 e. The Labute approximate surface area is 154 Å². The third kappa shape index (κ3) is 3.71. The Morgan fingerprint density at radius 3 is 2.23 bits per heavy atom. The number of aromatic amines is 1. The van der Waals surface area contributed by atoms with Crippen LogP contribution >= 0.6 is 0 Å². The lowest BCUT2D eigenvalue weighted by Gasteiger charge is -2.35. The maximum Gasteiger partial charge on any atom is 0.0695 e. The van der Waals surface area contributed by atoms with Crippen molar-refractivity contribution in [3.05, 3.63) is 66.4 Å². The van der Waals surface area contributed by atoms with E-state index in [-0.39, 0.29) is 12.2 Å². The van der Waals surface area contributed by atoms with Crippen LogP contribution in [0.3, 0.4) is 0 Å². The number of H-pyrrole nitrogens is 1. The molecule has 4 rings (SSSR count). The molecule has 0 spiro atoms. The third-order valence-corrected chi connectivity index (χ3v) is 4.89. The first-order chi connectivity index (χ1) is 12.7. The van der Waals surface area contributed by atoms with E-state index in [4.69, 9.17) is 4.74 Å². The standard InChI is InChI=1S/C22H25N3O/c1-16-13-25(14-17(2)26-16)15-21-12-23-24-22(21)20-10-8-19(9-11-20)18-6-4-3-5-7-18/h3-12,16-17H,13-15H2,1-2H3,(H,23,24)/t16-,17+. The summed E-state index contributed by atoms with van der Waals surface area (Å²) in [5.74, 6) is 0. The second kappa shape index (κ2) is 7.44. The number of ether oxygens (including phenoxy) is 1. The molecule has 0 aliphatic carbocycles. The number of morpholine rings is 1. The first kappa shape index (κ1) is 17.0. The first-order valence-electron chi connectivity index (χ1n) is 9.25. The van der Waals surface area contributed by atoms with Gasteiger partial charge in [-0.05, 0) is 30.5 Å². The minimum absolute atomic E-state index is 0.277. The molecule has 1 N–H and O–H groups in total. The molecule has 0 amide bonds. The van der Waals surface area contributed by atoms with Gasteiger partial charge >= 0.3 is 0 Å². The van der Waals surface area contributed by atoms with Crippen molar-refractivity contribution in [1.29, 1.82) is 0 Å². The van der Waals surface area contributed by atoms with Gasteiger partial charge in [-0.2, -0.15) is 5.10 Å². The average Bonchev–Trinajstić information content (AvgIpc) is 3.10. The summed E-state index contributed by atoms with van der Waals surface area (Å²) in [6.07, 6.45) is 2.50. The number of nitrogens with one attached hydrogen (secondary N) is 1. The van der Waals surface area contributed by atoms with E-state index >= 15 is 0 Å². The Hall–Kier alpha value is -2.43. The van der Waals surface area contributed by atoms with Crippen molar-refractivity contribution in [3.63, 3.8) is 0 Å². The monoisotopic (exact) mass is 347 g/mol. The van der Waals surface area contributed by atoms with Gasteiger partial charge in [0.25, 0.3) is 0 Å². The third-order valence-electron chi connectivity index (χ3n) is 4.89. The molecule has 2 aromatic carbocycles. The van der Waals surface area contributed by atoms with Crippen molar-refractivity contribution in [2.24, 2.45) is 0 Å². The molecule has 2 heterocycles. The Kier molecular flexibility index (Phi) is 4.87. The number of rotatable bonds is 4. The van der Waals surface area contributed by atoms with Crippen molar-refractivity contribution in [1.82, 2.24) is 15.1 Å². The maximum absolute atomic E-state index is 5.84. The second-order valence-corrected chi connectivity index (χ2v) is 7.17. The van der Waals surface area contributed by atoms with Crippen molar-refractivity contribution >= 4 is 0 Å². The van der Waals surface area contributed by atoms with Crippen LogP contribution in [0.1, 0.15) is 19.4 Å². The van der Waals surface area contributed by atoms with Crippen molar-refractivity contribution in [2.75, 3.05) is 13.1 Å². The van der Waals surface area contributed by atoms with Crippen LogP contribution in [0.4, 0.5) is 0 Å². The van der Waals surface area contributed by atoms with E-state index in [2.05, 4.69) is 77.5 Å². The molecule has 0 bridgehead atoms. The van der Waals surface area contributed by atoms with E-state index in [1.807, 2.05) is 12.3 Å². The van der Waals surface area contributed by atoms with E-state index in [0.29, 0.717) is 0 Å². The van der Waals surface area contributed by atoms with Crippen LogP contribution in [0.5, 0.6) is 0 Å². The predicted molar refractivity (Wildman–Crippen MR) is 105 cm³/mol. The number of benzene rings is 2. The molecule has 4 nitrogen and oxygen atoms in total. The summed E-state index contributed by atoms with van der Waals surface area (Å²) < 4.78 is 5.84. The van der Waals surface area contributed by atoms with Gasteiger partial charge in [-0.3, -0.25) is 10.00 Å². The molecule has 1 saturated heterocycles. The minimum atomic E-state index is 0.277. The summed E-state index contributed by atoms with van der Waals surface area (Å²) in [6, 6.07) is 19.1. The smallest absolute Gasteiger partial charge is 0.0695 e. The molecule has 0 radical (unpaired) electrons. The summed E-state index contributed by atoms with van der Waals surface area (Å²) in [5, 5.41) is 7.49. The van der Waals surface area contributed by atoms with E-state index < -0.39 is 0 Å². The highest BCUT2D eigenvalue weighted by atomic mass is 16.5. The highest BCUT2D eigenvalue weighted by Gasteiger charge is 2.23. The van der Waals surface area contributed by atoms with Crippen molar-refractivity contribution in [2.45, 2.75) is 32.6 Å². The van der Waals surface area contributed by atoms with Gasteiger partial charge in [0.15, 0.2) is 0 Å². The molecular weight excluding hydrogens is 322 g/mol. The van der Waals surface area contributed by atoms with Crippen LogP contribution in [0, 0.1) is 0 Å². The summed E-state index contributed by atoms with van der Waals surface area (Å²) in [4.78, 5) is 2.45. The lowest BCUT2D eigenvalue weighted by molar-refractivity contribution is -0.0704. The van der Waals surface area contributed by atoms with Gasteiger partial charge in [-0.1, -0.05) is 54.6 Å². The molecule has 1 aromatic heterocycles. The number of aromatic nitrogens is 2. The van der Waals surface area contributed by atoms with Crippen LogP contribution in [-0.4, -0.2) is 40.4 Å². The highest BCUT2D eigenvalue weighted by molar-refractivity contribution is 5.69. The zero-order valence-corrected chi connectivity index (χ0v) is 15.4. The molecule has 4 heteroatoms. The molecule has 0 saturated carbocycles. The van der Waals surface area contributed by atoms with Gasteiger partial charge in [0.2, 0.25) is 0 Å². The molecular formula is C22H25N3O. The lowest BCUT2D eigenvalue weighted by Crippen LogP contribution is -2.44. The van der Waals surface area contributed by atoms with E-state index in [1.54, 1.807) is 0 Å². The molecule has 0 unspecified atom stereocenters. The number of hydrogen-bond acceptors (Lipinski definition) is 3. The second-order valence-electron chi connectivity index (χ2n) is 7.17. The van der Waals surface area contributed by atoms with Crippen LogP contribution in [-0.2, 0) is 11.3 Å². The zero-order chi connectivity index (χ0) is 17.9. The zero-order valence-electron chi connectivity index (χ0n) is 15.4. The fourth-order valence-electron chi connectivity index (χ4n) is 3.80. The Bertz CT molecular complexity index is 831. The van der Waals surface area contributed by atoms with Gasteiger partial charge in [-0.25, -0.2) is 0 Å². The highest BCUT2D eigenvalue weighted by Crippen LogP contribution is 2.27. The molecule has 1 fully saturated rings. The summed E-state index contributed by atoms with van der Waals surface area (Å²) in [6.45, 7) is 7.09. The molecule has 3 aromatic rings. The maximum atomic E-state index is 5.84. The van der Waals surface area contributed by atoms with Gasteiger partial charge in [-0.15, -0.1) is 0 Å². The fourth-order valence-corrected chi connectivity index (χ4v) is 3.80. The molecule has 1 aliphatic heterocycles. The quantitative estimate of drug-likeness (QED) is 0.763. The van der Waals surface area contributed by atoms with E-state index in [9.17, 15) is 0 Å². The molecule has 2 atom stereocenters. The average molecular weight is 347 g/mol. The number of hydrogen-bond donors (Lipinski definition) is 1. The van der Waals surface area contributed by atoms with Crippen LogP contribution < -0.4 is 0 Å². The number of nitrogens with zero attached hydrogens (tertiary/aromatic N) is 2. The summed E-state index contributed by atoms with van der Waals surface area (Å²) in [7, 11) is 0. The Morgan fingerprint density at radius 2 is 1.54 bits per heavy atom. The SMILES string of the molecule is C[C@@H]1CN(Cc2cn[nH]c2-c2ccc(-c3ccccc3)cc2)C[C@H](C)O1. The molecule has 134 valence electrons. The van der Waals surface area contributed by atoms with Crippen molar-refractivity contribution < 1.29 is 4.74 Å². The van der Waals surface area contributed by atoms with E-state index in [0.717, 1.165) is 25.3 Å². The van der Waals surface area contributed by atoms with Gasteiger partial charge in [0, 0.05) is 25.2 Å². The van der Waals surface area contributed by atoms with Crippen molar-refractivity contribution in [3.8, 4) is 22.4 Å². The molecule has 1 aliphatic rings. The van der Waals surface area contributed by atoms with Gasteiger partial charge < -0.3 is 4.74 Å². The largest absolute Gasteiger partial charge is 0.373 e. The summed E-state index contributed by atoms with van der Waals surface area (Å²) in [5.41, 5.74) is 5.98. The summed E-state index contributed by atoms with van der Waals surface area (Å²) >= 11 is 0. The Morgan fingerprint density at radius 1 is 0.923 bits per heavy atom. The predicted octanol–water partition coefficient (Wildman–Crippen LogP) is 4.35. The topological polar surface area (TPSA) is 41.2 Å². The first-order valence-corrected chi connectivity index (χ1v) is 9.25. The normalized spacial score (nSPS) is 21.0. The van der Waals surface area contributed by atoms with Gasteiger partial charge in [0.05, 0.1) is 24.1 Å². The Balaban J connectivity index is 1.53. The lowest BCUT2D eigenvalue weighted by atomic mass is 10.0. The van der Waals surface area contributed by atoms with Gasteiger partial charge in [0.1, 0.15) is 0 Å². The molecule has 26 heavy (non-hydrogen) atoms. The van der Waals surface area contributed by atoms with Crippen LogP contribution in [0.2, 0.25) is 0 Å². The van der Waals surface area contributed by atoms with Crippen LogP contribution in [0.25, 0.3) is 22.4 Å².